The predicted octanol–water partition coefficient (Wildman–Crippen LogP) is 4.32. The molecule has 0 spiro atoms. The highest BCUT2D eigenvalue weighted by molar-refractivity contribution is 6.04. The van der Waals surface area contributed by atoms with Crippen LogP contribution in [-0.4, -0.2) is 5.91 Å². The molecular weight excluding hydrogens is 266 g/mol. The van der Waals surface area contributed by atoms with Crippen molar-refractivity contribution >= 4 is 11.6 Å². The van der Waals surface area contributed by atoms with Gasteiger partial charge in [0.05, 0.1) is 11.8 Å². The van der Waals surface area contributed by atoms with Crippen LogP contribution in [0.3, 0.4) is 0 Å². The number of furan rings is 1. The summed E-state index contributed by atoms with van der Waals surface area (Å²) in [6.45, 7) is 0. The molecule has 0 atom stereocenters. The van der Waals surface area contributed by atoms with Crippen molar-refractivity contribution in [3.8, 4) is 11.5 Å². The van der Waals surface area contributed by atoms with Crippen LogP contribution >= 0.6 is 0 Å². The van der Waals surface area contributed by atoms with Crippen LogP contribution in [0.4, 0.5) is 5.69 Å². The number of ether oxygens (including phenoxy) is 1. The molecule has 0 saturated carbocycles. The molecule has 0 fully saturated rings. The van der Waals surface area contributed by atoms with Crippen molar-refractivity contribution < 1.29 is 13.9 Å². The van der Waals surface area contributed by atoms with E-state index in [4.69, 9.17) is 9.15 Å². The lowest BCUT2D eigenvalue weighted by Gasteiger charge is -2.08. The van der Waals surface area contributed by atoms with Gasteiger partial charge in [-0.2, -0.15) is 0 Å². The Morgan fingerprint density at radius 1 is 0.952 bits per heavy atom. The first-order valence-corrected chi connectivity index (χ1v) is 6.48. The Labute approximate surface area is 122 Å². The number of carbonyl (C=O) groups is 1. The van der Waals surface area contributed by atoms with Gasteiger partial charge in [0.25, 0.3) is 5.91 Å². The van der Waals surface area contributed by atoms with Crippen molar-refractivity contribution in [1.29, 1.82) is 0 Å². The number of nitrogens with one attached hydrogen (secondary N) is 1. The fourth-order valence-corrected chi connectivity index (χ4v) is 1.86. The van der Waals surface area contributed by atoms with Gasteiger partial charge in [-0.3, -0.25) is 4.79 Å². The summed E-state index contributed by atoms with van der Waals surface area (Å²) in [6, 6.07) is 18.3. The summed E-state index contributed by atoms with van der Waals surface area (Å²) in [5.74, 6) is 1.18. The maximum Gasteiger partial charge on any atom is 0.258 e. The number of para-hydroxylation sites is 1. The molecule has 0 bridgehead atoms. The third kappa shape index (κ3) is 3.30. The van der Waals surface area contributed by atoms with Crippen molar-refractivity contribution in [3.63, 3.8) is 0 Å². The number of anilines is 1. The van der Waals surface area contributed by atoms with Crippen molar-refractivity contribution in [2.45, 2.75) is 0 Å². The Balaban J connectivity index is 1.73. The molecule has 0 aliphatic carbocycles. The van der Waals surface area contributed by atoms with E-state index in [0.29, 0.717) is 17.0 Å². The second kappa shape index (κ2) is 5.96. The molecule has 0 unspecified atom stereocenters. The van der Waals surface area contributed by atoms with Crippen molar-refractivity contribution in [3.05, 3.63) is 78.8 Å². The molecule has 0 aliphatic heterocycles. The summed E-state index contributed by atoms with van der Waals surface area (Å²) >= 11 is 0. The van der Waals surface area contributed by atoms with Gasteiger partial charge in [0, 0.05) is 11.8 Å². The van der Waals surface area contributed by atoms with Crippen molar-refractivity contribution in [2.75, 3.05) is 5.32 Å². The zero-order chi connectivity index (χ0) is 14.5. The van der Waals surface area contributed by atoms with E-state index in [1.54, 1.807) is 18.2 Å². The average Bonchev–Trinajstić information content (AvgIpc) is 3.03. The van der Waals surface area contributed by atoms with Gasteiger partial charge in [-0.05, 0) is 30.3 Å². The number of hydrogen-bond acceptors (Lipinski definition) is 3. The highest BCUT2D eigenvalue weighted by atomic mass is 16.5. The Kier molecular flexibility index (Phi) is 3.69. The van der Waals surface area contributed by atoms with Crippen LogP contribution in [0.15, 0.2) is 77.6 Å². The maximum absolute atomic E-state index is 11.9. The van der Waals surface area contributed by atoms with E-state index in [9.17, 15) is 4.79 Å². The van der Waals surface area contributed by atoms with Gasteiger partial charge in [0.2, 0.25) is 0 Å². The lowest BCUT2D eigenvalue weighted by molar-refractivity contribution is 0.102. The second-order valence-corrected chi connectivity index (χ2v) is 4.41. The Morgan fingerprint density at radius 3 is 2.52 bits per heavy atom. The number of rotatable bonds is 4. The molecule has 1 aromatic heterocycles. The number of benzene rings is 2. The monoisotopic (exact) mass is 279 g/mol. The summed E-state index contributed by atoms with van der Waals surface area (Å²) in [6.07, 6.45) is 2.86. The first kappa shape index (κ1) is 13.0. The highest BCUT2D eigenvalue weighted by Gasteiger charge is 2.07. The molecule has 1 N–H and O–H groups in total. The Hall–Kier alpha value is -3.01. The minimum Gasteiger partial charge on any atom is -0.472 e. The molecule has 1 heterocycles. The second-order valence-electron chi connectivity index (χ2n) is 4.41. The lowest BCUT2D eigenvalue weighted by Crippen LogP contribution is -2.10. The average molecular weight is 279 g/mol. The van der Waals surface area contributed by atoms with E-state index in [2.05, 4.69) is 5.32 Å². The smallest absolute Gasteiger partial charge is 0.258 e. The van der Waals surface area contributed by atoms with Gasteiger partial charge in [-0.25, -0.2) is 0 Å². The van der Waals surface area contributed by atoms with Crippen LogP contribution < -0.4 is 10.1 Å². The standard InChI is InChI=1S/C17H13NO3/c19-17(13-9-10-20-12-13)18-14-5-4-8-16(11-14)21-15-6-2-1-3-7-15/h1-12H,(H,18,19). The molecule has 4 heteroatoms. The molecule has 2 aromatic carbocycles. The van der Waals surface area contributed by atoms with Gasteiger partial charge < -0.3 is 14.5 Å². The van der Waals surface area contributed by atoms with E-state index < -0.39 is 0 Å². The quantitative estimate of drug-likeness (QED) is 0.773. The van der Waals surface area contributed by atoms with E-state index in [1.807, 2.05) is 42.5 Å². The van der Waals surface area contributed by atoms with Gasteiger partial charge in [-0.1, -0.05) is 24.3 Å². The molecule has 3 aromatic rings. The predicted molar refractivity (Wildman–Crippen MR) is 79.6 cm³/mol. The normalized spacial score (nSPS) is 10.1. The molecule has 4 nitrogen and oxygen atoms in total. The van der Waals surface area contributed by atoms with Crippen LogP contribution in [0.1, 0.15) is 10.4 Å². The maximum atomic E-state index is 11.9. The van der Waals surface area contributed by atoms with Crippen LogP contribution in [0.25, 0.3) is 0 Å². The first-order chi connectivity index (χ1) is 10.3. The largest absolute Gasteiger partial charge is 0.472 e. The molecule has 0 radical (unpaired) electrons. The van der Waals surface area contributed by atoms with E-state index in [1.165, 1.54) is 12.5 Å². The molecule has 3 rings (SSSR count). The topological polar surface area (TPSA) is 51.5 Å². The van der Waals surface area contributed by atoms with E-state index in [-0.39, 0.29) is 5.91 Å². The van der Waals surface area contributed by atoms with Crippen LogP contribution in [0.2, 0.25) is 0 Å². The summed E-state index contributed by atoms with van der Waals surface area (Å²) in [4.78, 5) is 11.9. The van der Waals surface area contributed by atoms with Gasteiger partial charge >= 0.3 is 0 Å². The number of hydrogen-bond donors (Lipinski definition) is 1. The minimum atomic E-state index is -0.222. The Bertz CT molecular complexity index is 721. The lowest BCUT2D eigenvalue weighted by atomic mass is 10.2. The fourth-order valence-electron chi connectivity index (χ4n) is 1.86. The first-order valence-electron chi connectivity index (χ1n) is 6.48. The summed E-state index contributed by atoms with van der Waals surface area (Å²) < 4.78 is 10.6. The van der Waals surface area contributed by atoms with Crippen LogP contribution in [0.5, 0.6) is 11.5 Å². The van der Waals surface area contributed by atoms with Crippen LogP contribution in [-0.2, 0) is 0 Å². The third-order valence-electron chi connectivity index (χ3n) is 2.85. The Morgan fingerprint density at radius 2 is 1.76 bits per heavy atom. The zero-order valence-electron chi connectivity index (χ0n) is 11.2. The van der Waals surface area contributed by atoms with Gasteiger partial charge in [0.15, 0.2) is 0 Å². The number of carbonyl (C=O) groups excluding carboxylic acids is 1. The summed E-state index contributed by atoms with van der Waals surface area (Å²) in [7, 11) is 0. The van der Waals surface area contributed by atoms with E-state index >= 15 is 0 Å². The molecular formula is C17H13NO3. The third-order valence-corrected chi connectivity index (χ3v) is 2.85. The minimum absolute atomic E-state index is 0.222. The van der Waals surface area contributed by atoms with Crippen LogP contribution in [0, 0.1) is 0 Å². The summed E-state index contributed by atoms with van der Waals surface area (Å²) in [5, 5.41) is 2.79. The molecule has 104 valence electrons. The molecule has 21 heavy (non-hydrogen) atoms. The SMILES string of the molecule is O=C(Nc1cccc(Oc2ccccc2)c1)c1ccoc1. The summed E-state index contributed by atoms with van der Waals surface area (Å²) in [5.41, 5.74) is 1.14. The molecule has 1 amide bonds. The van der Waals surface area contributed by atoms with E-state index in [0.717, 1.165) is 5.75 Å². The zero-order valence-corrected chi connectivity index (χ0v) is 11.2. The number of amides is 1. The molecule has 0 saturated heterocycles. The van der Waals surface area contributed by atoms with Crippen molar-refractivity contribution in [2.24, 2.45) is 0 Å². The van der Waals surface area contributed by atoms with Crippen molar-refractivity contribution in [1.82, 2.24) is 0 Å². The van der Waals surface area contributed by atoms with Gasteiger partial charge in [0.1, 0.15) is 17.8 Å². The van der Waals surface area contributed by atoms with Gasteiger partial charge in [-0.15, -0.1) is 0 Å². The highest BCUT2D eigenvalue weighted by Crippen LogP contribution is 2.24. The molecule has 0 aliphatic rings. The fraction of sp³-hybridized carbons (Fsp3) is 0.